The number of nitrogens with one attached hydrogen (secondary N) is 2. The third-order valence-corrected chi connectivity index (χ3v) is 3.07. The molecule has 5 nitrogen and oxygen atoms in total. The summed E-state index contributed by atoms with van der Waals surface area (Å²) >= 11 is 0. The minimum atomic E-state index is 0.0638. The summed E-state index contributed by atoms with van der Waals surface area (Å²) < 4.78 is 10.5. The third-order valence-electron chi connectivity index (χ3n) is 3.07. The van der Waals surface area contributed by atoms with Crippen molar-refractivity contribution in [3.05, 3.63) is 18.2 Å². The SMILES string of the molecule is O=C(Nc1ccc2c(c1)OCO2)C1CCNC1. The van der Waals surface area contributed by atoms with Gasteiger partial charge in [-0.1, -0.05) is 0 Å². The number of benzene rings is 1. The van der Waals surface area contributed by atoms with E-state index in [4.69, 9.17) is 9.47 Å². The lowest BCUT2D eigenvalue weighted by molar-refractivity contribution is -0.119. The van der Waals surface area contributed by atoms with Crippen LogP contribution in [0.4, 0.5) is 5.69 Å². The number of hydrogen-bond donors (Lipinski definition) is 2. The lowest BCUT2D eigenvalue weighted by Crippen LogP contribution is -2.24. The molecular weight excluding hydrogens is 220 g/mol. The van der Waals surface area contributed by atoms with E-state index in [0.29, 0.717) is 5.75 Å². The van der Waals surface area contributed by atoms with Gasteiger partial charge < -0.3 is 20.1 Å². The molecule has 2 aliphatic rings. The first-order chi connectivity index (χ1) is 8.33. The second-order valence-corrected chi connectivity index (χ2v) is 4.25. The van der Waals surface area contributed by atoms with Gasteiger partial charge in [-0.15, -0.1) is 0 Å². The van der Waals surface area contributed by atoms with Gasteiger partial charge in [0.2, 0.25) is 12.7 Å². The summed E-state index contributed by atoms with van der Waals surface area (Å²) in [6.45, 7) is 1.93. The first kappa shape index (κ1) is 10.4. The summed E-state index contributed by atoms with van der Waals surface area (Å²) in [6.07, 6.45) is 0.899. The molecule has 5 heteroatoms. The van der Waals surface area contributed by atoms with E-state index in [9.17, 15) is 4.79 Å². The van der Waals surface area contributed by atoms with Crippen molar-refractivity contribution in [3.63, 3.8) is 0 Å². The monoisotopic (exact) mass is 234 g/mol. The summed E-state index contributed by atoms with van der Waals surface area (Å²) in [6, 6.07) is 5.43. The Balaban J connectivity index is 1.70. The summed E-state index contributed by atoms with van der Waals surface area (Å²) in [7, 11) is 0. The summed E-state index contributed by atoms with van der Waals surface area (Å²) in [5.74, 6) is 1.55. The number of ether oxygens (including phenoxy) is 2. The van der Waals surface area contributed by atoms with Gasteiger partial charge in [-0.05, 0) is 25.1 Å². The van der Waals surface area contributed by atoms with E-state index in [0.717, 1.165) is 30.9 Å². The van der Waals surface area contributed by atoms with E-state index >= 15 is 0 Å². The molecule has 1 atom stereocenters. The molecule has 0 saturated carbocycles. The maximum atomic E-state index is 11.9. The van der Waals surface area contributed by atoms with E-state index in [1.54, 1.807) is 6.07 Å². The second-order valence-electron chi connectivity index (χ2n) is 4.25. The van der Waals surface area contributed by atoms with Crippen molar-refractivity contribution in [2.75, 3.05) is 25.2 Å². The maximum absolute atomic E-state index is 11.9. The average molecular weight is 234 g/mol. The van der Waals surface area contributed by atoms with Crippen LogP contribution in [0.25, 0.3) is 0 Å². The Hall–Kier alpha value is -1.75. The van der Waals surface area contributed by atoms with E-state index in [1.165, 1.54) is 0 Å². The lowest BCUT2D eigenvalue weighted by atomic mass is 10.1. The summed E-state index contributed by atoms with van der Waals surface area (Å²) in [5, 5.41) is 6.07. The molecule has 0 aliphatic carbocycles. The van der Waals surface area contributed by atoms with E-state index in [2.05, 4.69) is 10.6 Å². The molecule has 2 heterocycles. The van der Waals surface area contributed by atoms with Crippen LogP contribution in [0.3, 0.4) is 0 Å². The zero-order chi connectivity index (χ0) is 11.7. The number of amides is 1. The van der Waals surface area contributed by atoms with Gasteiger partial charge in [-0.2, -0.15) is 0 Å². The van der Waals surface area contributed by atoms with Crippen LogP contribution in [0.1, 0.15) is 6.42 Å². The number of carbonyl (C=O) groups is 1. The van der Waals surface area contributed by atoms with Crippen LogP contribution in [0.5, 0.6) is 11.5 Å². The van der Waals surface area contributed by atoms with E-state index in [-0.39, 0.29) is 18.6 Å². The zero-order valence-electron chi connectivity index (χ0n) is 9.36. The highest BCUT2D eigenvalue weighted by atomic mass is 16.7. The molecule has 1 saturated heterocycles. The van der Waals surface area contributed by atoms with Crippen LogP contribution in [0, 0.1) is 5.92 Å². The average Bonchev–Trinajstić information content (AvgIpc) is 2.99. The lowest BCUT2D eigenvalue weighted by Gasteiger charge is -2.10. The minimum absolute atomic E-state index is 0.0638. The topological polar surface area (TPSA) is 59.6 Å². The Bertz CT molecular complexity index is 441. The Morgan fingerprint density at radius 2 is 2.24 bits per heavy atom. The van der Waals surface area contributed by atoms with Crippen molar-refractivity contribution in [1.82, 2.24) is 5.32 Å². The van der Waals surface area contributed by atoms with Crippen molar-refractivity contribution in [1.29, 1.82) is 0 Å². The highest BCUT2D eigenvalue weighted by Crippen LogP contribution is 2.34. The fraction of sp³-hybridized carbons (Fsp3) is 0.417. The standard InChI is InChI=1S/C12H14N2O3/c15-12(8-3-4-13-6-8)14-9-1-2-10-11(5-9)17-7-16-10/h1-2,5,8,13H,3-4,6-7H2,(H,14,15). The number of fused-ring (bicyclic) bond motifs is 1. The maximum Gasteiger partial charge on any atom is 0.231 e. The van der Waals surface area contributed by atoms with Crippen LogP contribution in [-0.2, 0) is 4.79 Å². The van der Waals surface area contributed by atoms with Gasteiger partial charge in [-0.3, -0.25) is 4.79 Å². The molecule has 1 fully saturated rings. The molecule has 1 amide bonds. The van der Waals surface area contributed by atoms with Crippen LogP contribution < -0.4 is 20.1 Å². The normalized spacial score (nSPS) is 21.5. The molecule has 17 heavy (non-hydrogen) atoms. The number of hydrogen-bond acceptors (Lipinski definition) is 4. The van der Waals surface area contributed by atoms with Gasteiger partial charge in [0.25, 0.3) is 0 Å². The van der Waals surface area contributed by atoms with E-state index in [1.807, 2.05) is 12.1 Å². The van der Waals surface area contributed by atoms with E-state index < -0.39 is 0 Å². The van der Waals surface area contributed by atoms with Gasteiger partial charge in [0, 0.05) is 18.3 Å². The first-order valence-corrected chi connectivity index (χ1v) is 5.74. The Kier molecular flexibility index (Phi) is 2.60. The number of anilines is 1. The van der Waals surface area contributed by atoms with Crippen molar-refractivity contribution in [2.24, 2.45) is 5.92 Å². The Labute approximate surface area is 99.1 Å². The smallest absolute Gasteiger partial charge is 0.231 e. The predicted molar refractivity (Wildman–Crippen MR) is 62.2 cm³/mol. The van der Waals surface area contributed by atoms with Gasteiger partial charge in [0.1, 0.15) is 0 Å². The molecular formula is C12H14N2O3. The van der Waals surface area contributed by atoms with Crippen molar-refractivity contribution in [3.8, 4) is 11.5 Å². The molecule has 2 N–H and O–H groups in total. The molecule has 0 aromatic heterocycles. The fourth-order valence-corrected chi connectivity index (χ4v) is 2.10. The van der Waals surface area contributed by atoms with Gasteiger partial charge >= 0.3 is 0 Å². The van der Waals surface area contributed by atoms with Gasteiger partial charge in [0.05, 0.1) is 5.92 Å². The first-order valence-electron chi connectivity index (χ1n) is 5.74. The largest absolute Gasteiger partial charge is 0.454 e. The molecule has 0 spiro atoms. The highest BCUT2D eigenvalue weighted by molar-refractivity contribution is 5.93. The number of carbonyl (C=O) groups excluding carboxylic acids is 1. The second kappa shape index (κ2) is 4.25. The molecule has 1 aromatic carbocycles. The zero-order valence-corrected chi connectivity index (χ0v) is 9.36. The Morgan fingerprint density at radius 3 is 3.06 bits per heavy atom. The minimum Gasteiger partial charge on any atom is -0.454 e. The quantitative estimate of drug-likeness (QED) is 0.800. The highest BCUT2D eigenvalue weighted by Gasteiger charge is 2.23. The van der Waals surface area contributed by atoms with Crippen LogP contribution in [-0.4, -0.2) is 25.8 Å². The van der Waals surface area contributed by atoms with Crippen molar-refractivity contribution < 1.29 is 14.3 Å². The van der Waals surface area contributed by atoms with Crippen molar-refractivity contribution in [2.45, 2.75) is 6.42 Å². The molecule has 3 rings (SSSR count). The molecule has 0 bridgehead atoms. The molecule has 0 radical (unpaired) electrons. The van der Waals surface area contributed by atoms with Crippen molar-refractivity contribution >= 4 is 11.6 Å². The van der Waals surface area contributed by atoms with Crippen LogP contribution in [0.15, 0.2) is 18.2 Å². The van der Waals surface area contributed by atoms with Gasteiger partial charge in [-0.25, -0.2) is 0 Å². The van der Waals surface area contributed by atoms with Gasteiger partial charge in [0.15, 0.2) is 11.5 Å². The third kappa shape index (κ3) is 2.06. The molecule has 90 valence electrons. The molecule has 1 unspecified atom stereocenters. The Morgan fingerprint density at radius 1 is 1.35 bits per heavy atom. The predicted octanol–water partition coefficient (Wildman–Crippen LogP) is 0.963. The molecule has 1 aromatic rings. The number of rotatable bonds is 2. The molecule has 2 aliphatic heterocycles. The fourth-order valence-electron chi connectivity index (χ4n) is 2.10. The van der Waals surface area contributed by atoms with Crippen LogP contribution >= 0.6 is 0 Å². The van der Waals surface area contributed by atoms with Crippen LogP contribution in [0.2, 0.25) is 0 Å². The summed E-state index contributed by atoms with van der Waals surface area (Å²) in [4.78, 5) is 11.9. The summed E-state index contributed by atoms with van der Waals surface area (Å²) in [5.41, 5.74) is 0.756.